The molecule has 180 valence electrons. The lowest BCUT2D eigenvalue weighted by Crippen LogP contribution is -2.17. The van der Waals surface area contributed by atoms with Crippen LogP contribution in [0.25, 0.3) is 10.8 Å². The summed E-state index contributed by atoms with van der Waals surface area (Å²) >= 11 is 5.86. The highest BCUT2D eigenvalue weighted by Gasteiger charge is 2.29. The lowest BCUT2D eigenvalue weighted by Gasteiger charge is -2.23. The number of fused-ring (bicyclic) bond motifs is 1. The summed E-state index contributed by atoms with van der Waals surface area (Å²) in [7, 11) is -3.37. The molecule has 0 spiro atoms. The third kappa shape index (κ3) is 6.67. The highest BCUT2D eigenvalue weighted by atomic mass is 35.5. The monoisotopic (exact) mass is 502 g/mol. The van der Waals surface area contributed by atoms with Gasteiger partial charge in [0.05, 0.1) is 29.6 Å². The van der Waals surface area contributed by atoms with Gasteiger partial charge in [0, 0.05) is 11.1 Å². The number of halogens is 1. The Hall–Kier alpha value is -2.70. The molecule has 0 fully saturated rings. The number of phenolic OH excluding ortho intramolecular Hbond substituents is 1. The van der Waals surface area contributed by atoms with Crippen molar-refractivity contribution in [1.29, 1.82) is 0 Å². The largest absolute Gasteiger partial charge is 0.506 e. The second-order valence-electron chi connectivity index (χ2n) is 8.30. The standard InChI is InChI=1S/C25H28ClN2O5P/c1-16(2)32-34(31,33-17(3)4)15-20-10-9-19(21-7-5-6-8-22(20)21)14-27-28-25(30)18-11-12-24(29)23(26)13-18/h5-14,16-17,29H,15H2,1-4H3,(H,28,30). The molecule has 0 unspecified atom stereocenters. The molecular formula is C25H28ClN2O5P. The Morgan fingerprint density at radius 3 is 2.32 bits per heavy atom. The second-order valence-corrected chi connectivity index (χ2v) is 10.7. The van der Waals surface area contributed by atoms with Crippen LogP contribution in [0.1, 0.15) is 49.2 Å². The number of benzene rings is 3. The van der Waals surface area contributed by atoms with Crippen LogP contribution in [-0.2, 0) is 19.8 Å². The number of nitrogens with zero attached hydrogens (tertiary/aromatic N) is 1. The van der Waals surface area contributed by atoms with Gasteiger partial charge in [-0.3, -0.25) is 9.36 Å². The van der Waals surface area contributed by atoms with Gasteiger partial charge in [-0.1, -0.05) is 48.0 Å². The van der Waals surface area contributed by atoms with Crippen LogP contribution in [0, 0.1) is 0 Å². The fraction of sp³-hybridized carbons (Fsp3) is 0.280. The summed E-state index contributed by atoms with van der Waals surface area (Å²) in [4.78, 5) is 12.3. The van der Waals surface area contributed by atoms with E-state index in [0.29, 0.717) is 0 Å². The average molecular weight is 503 g/mol. The lowest BCUT2D eigenvalue weighted by atomic mass is 10.0. The van der Waals surface area contributed by atoms with Crippen LogP contribution in [0.3, 0.4) is 0 Å². The molecule has 7 nitrogen and oxygen atoms in total. The Labute approximate surface area is 204 Å². The van der Waals surface area contributed by atoms with E-state index in [9.17, 15) is 14.5 Å². The number of aromatic hydroxyl groups is 1. The molecule has 3 aromatic carbocycles. The van der Waals surface area contributed by atoms with Crippen LogP contribution < -0.4 is 5.43 Å². The van der Waals surface area contributed by atoms with Gasteiger partial charge in [-0.2, -0.15) is 5.10 Å². The molecular weight excluding hydrogens is 475 g/mol. The van der Waals surface area contributed by atoms with Crippen molar-refractivity contribution in [3.8, 4) is 5.75 Å². The maximum absolute atomic E-state index is 13.4. The Morgan fingerprint density at radius 2 is 1.71 bits per heavy atom. The zero-order valence-electron chi connectivity index (χ0n) is 19.5. The van der Waals surface area contributed by atoms with Crippen molar-refractivity contribution in [2.45, 2.75) is 46.1 Å². The first-order valence-corrected chi connectivity index (χ1v) is 13.0. The summed E-state index contributed by atoms with van der Waals surface area (Å²) in [5.74, 6) is -0.563. The minimum Gasteiger partial charge on any atom is -0.506 e. The summed E-state index contributed by atoms with van der Waals surface area (Å²) in [6, 6.07) is 15.5. The summed E-state index contributed by atoms with van der Waals surface area (Å²) in [5.41, 5.74) is 4.33. The van der Waals surface area contributed by atoms with E-state index >= 15 is 0 Å². The molecule has 0 atom stereocenters. The van der Waals surface area contributed by atoms with E-state index in [1.165, 1.54) is 18.2 Å². The molecule has 0 saturated heterocycles. The summed E-state index contributed by atoms with van der Waals surface area (Å²) in [5, 5.41) is 15.4. The molecule has 3 rings (SSSR count). The maximum atomic E-state index is 13.4. The average Bonchev–Trinajstić information content (AvgIpc) is 2.75. The van der Waals surface area contributed by atoms with Crippen LogP contribution in [0.5, 0.6) is 5.75 Å². The van der Waals surface area contributed by atoms with Crippen LogP contribution in [0.2, 0.25) is 5.02 Å². The van der Waals surface area contributed by atoms with Crippen molar-refractivity contribution in [3.63, 3.8) is 0 Å². The number of amides is 1. The van der Waals surface area contributed by atoms with E-state index in [4.69, 9.17) is 20.6 Å². The normalized spacial score (nSPS) is 12.2. The molecule has 34 heavy (non-hydrogen) atoms. The zero-order valence-corrected chi connectivity index (χ0v) is 21.1. The fourth-order valence-electron chi connectivity index (χ4n) is 3.46. The van der Waals surface area contributed by atoms with E-state index < -0.39 is 13.5 Å². The first-order chi connectivity index (χ1) is 16.1. The third-order valence-electron chi connectivity index (χ3n) is 4.73. The molecule has 0 saturated carbocycles. The van der Waals surface area contributed by atoms with Crippen molar-refractivity contribution >= 4 is 42.1 Å². The first kappa shape index (κ1) is 25.9. The molecule has 1 amide bonds. The van der Waals surface area contributed by atoms with Crippen molar-refractivity contribution < 1.29 is 23.5 Å². The van der Waals surface area contributed by atoms with Gasteiger partial charge in [0.2, 0.25) is 0 Å². The molecule has 0 radical (unpaired) electrons. The highest BCUT2D eigenvalue weighted by Crippen LogP contribution is 2.54. The van der Waals surface area contributed by atoms with Gasteiger partial charge in [-0.05, 0) is 62.2 Å². The lowest BCUT2D eigenvalue weighted by molar-refractivity contribution is 0.0955. The Kier molecular flexibility index (Phi) is 8.50. The molecule has 0 aliphatic carbocycles. The van der Waals surface area contributed by atoms with E-state index in [-0.39, 0.29) is 34.7 Å². The number of carbonyl (C=O) groups is 1. The van der Waals surface area contributed by atoms with Gasteiger partial charge in [-0.15, -0.1) is 0 Å². The fourth-order valence-corrected chi connectivity index (χ4v) is 5.82. The number of hydrogen-bond acceptors (Lipinski definition) is 6. The van der Waals surface area contributed by atoms with E-state index in [2.05, 4.69) is 10.5 Å². The third-order valence-corrected chi connectivity index (χ3v) is 7.25. The van der Waals surface area contributed by atoms with Gasteiger partial charge in [0.15, 0.2) is 0 Å². The number of hydrazone groups is 1. The molecule has 0 aliphatic rings. The SMILES string of the molecule is CC(C)OP(=O)(Cc1ccc(C=NNC(=O)c2ccc(O)c(Cl)c2)c2ccccc12)OC(C)C. The Morgan fingerprint density at radius 1 is 1.06 bits per heavy atom. The zero-order chi connectivity index (χ0) is 24.9. The number of rotatable bonds is 9. The van der Waals surface area contributed by atoms with Crippen LogP contribution in [-0.4, -0.2) is 29.4 Å². The van der Waals surface area contributed by atoms with Gasteiger partial charge in [0.1, 0.15) is 5.75 Å². The van der Waals surface area contributed by atoms with E-state index in [0.717, 1.165) is 21.9 Å². The molecule has 0 heterocycles. The quantitative estimate of drug-likeness (QED) is 0.197. The first-order valence-electron chi connectivity index (χ1n) is 10.9. The Balaban J connectivity index is 1.85. The van der Waals surface area contributed by atoms with Gasteiger partial charge in [-0.25, -0.2) is 5.43 Å². The van der Waals surface area contributed by atoms with Crippen molar-refractivity contribution in [2.24, 2.45) is 5.10 Å². The highest BCUT2D eigenvalue weighted by molar-refractivity contribution is 7.53. The number of hydrogen-bond donors (Lipinski definition) is 2. The number of phenols is 1. The van der Waals surface area contributed by atoms with E-state index in [1.807, 2.05) is 64.1 Å². The topological polar surface area (TPSA) is 97.2 Å². The molecule has 2 N–H and O–H groups in total. The van der Waals surface area contributed by atoms with Crippen LogP contribution in [0.4, 0.5) is 0 Å². The van der Waals surface area contributed by atoms with Crippen molar-refractivity contribution in [3.05, 3.63) is 76.3 Å². The predicted octanol–water partition coefficient (Wildman–Crippen LogP) is 6.51. The summed E-state index contributed by atoms with van der Waals surface area (Å²) in [6.45, 7) is 7.31. The van der Waals surface area contributed by atoms with Crippen LogP contribution >= 0.6 is 19.2 Å². The van der Waals surface area contributed by atoms with Crippen molar-refractivity contribution in [1.82, 2.24) is 5.43 Å². The van der Waals surface area contributed by atoms with Gasteiger partial charge >= 0.3 is 7.60 Å². The van der Waals surface area contributed by atoms with Crippen molar-refractivity contribution in [2.75, 3.05) is 0 Å². The minimum atomic E-state index is -3.37. The summed E-state index contributed by atoms with van der Waals surface area (Å²) < 4.78 is 24.8. The number of carbonyl (C=O) groups excluding carboxylic acids is 1. The smallest absolute Gasteiger partial charge is 0.335 e. The predicted molar refractivity (Wildman–Crippen MR) is 136 cm³/mol. The molecule has 3 aromatic rings. The molecule has 9 heteroatoms. The number of nitrogens with one attached hydrogen (secondary N) is 1. The minimum absolute atomic E-state index is 0.0818. The second kappa shape index (κ2) is 11.2. The summed E-state index contributed by atoms with van der Waals surface area (Å²) in [6.07, 6.45) is 1.20. The van der Waals surface area contributed by atoms with E-state index in [1.54, 1.807) is 6.21 Å². The molecule has 0 aliphatic heterocycles. The maximum Gasteiger partial charge on any atom is 0.335 e. The molecule has 0 bridgehead atoms. The van der Waals surface area contributed by atoms with Gasteiger partial charge in [0.25, 0.3) is 5.91 Å². The Bertz CT molecular complexity index is 1250. The molecule has 0 aromatic heterocycles. The van der Waals surface area contributed by atoms with Gasteiger partial charge < -0.3 is 14.2 Å². The van der Waals surface area contributed by atoms with Crippen LogP contribution in [0.15, 0.2) is 59.7 Å².